The number of nitrogens with zero attached hydrogens (tertiary/aromatic N) is 2. The molecular weight excluding hydrogens is 358 g/mol. The highest BCUT2D eigenvalue weighted by molar-refractivity contribution is 6.04. The molecule has 3 rings (SSSR count). The fraction of sp³-hybridized carbons (Fsp3) is 0.286. The summed E-state index contributed by atoms with van der Waals surface area (Å²) in [6.07, 6.45) is 0.788. The summed E-state index contributed by atoms with van der Waals surface area (Å²) in [5.41, 5.74) is 0.313. The summed E-state index contributed by atoms with van der Waals surface area (Å²) in [6.45, 7) is 3.91. The molecule has 1 unspecified atom stereocenters. The van der Waals surface area contributed by atoms with Gasteiger partial charge in [0, 0.05) is 29.6 Å². The van der Waals surface area contributed by atoms with Crippen LogP contribution in [0.5, 0.6) is 11.5 Å². The number of amides is 1. The van der Waals surface area contributed by atoms with Crippen molar-refractivity contribution in [2.75, 3.05) is 14.2 Å². The Kier molecular flexibility index (Phi) is 5.63. The van der Waals surface area contributed by atoms with Crippen molar-refractivity contribution >= 4 is 16.7 Å². The van der Waals surface area contributed by atoms with Crippen molar-refractivity contribution in [3.8, 4) is 17.2 Å². The zero-order valence-corrected chi connectivity index (χ0v) is 16.4. The Hall–Kier alpha value is -3.35. The Morgan fingerprint density at radius 1 is 1.11 bits per heavy atom. The van der Waals surface area contributed by atoms with Gasteiger partial charge in [-0.15, -0.1) is 0 Å². The number of carbonyl (C=O) groups is 1. The second-order valence-corrected chi connectivity index (χ2v) is 6.46. The molecule has 0 aliphatic rings. The molecule has 3 aromatic rings. The Balaban J connectivity index is 2.26. The van der Waals surface area contributed by atoms with Crippen molar-refractivity contribution in [3.63, 3.8) is 0 Å². The molecule has 0 saturated carbocycles. The van der Waals surface area contributed by atoms with Crippen LogP contribution < -0.4 is 20.3 Å². The SMILES string of the molecule is CCC(C)NC(=O)c1nn(-c2cc(OC)cc(OC)c2)c(=O)c2ccccc12. The van der Waals surface area contributed by atoms with E-state index in [1.165, 1.54) is 18.9 Å². The van der Waals surface area contributed by atoms with Gasteiger partial charge in [0.25, 0.3) is 11.5 Å². The number of hydrogen-bond acceptors (Lipinski definition) is 5. The average Bonchev–Trinajstić information content (AvgIpc) is 2.73. The van der Waals surface area contributed by atoms with E-state index in [4.69, 9.17) is 9.47 Å². The van der Waals surface area contributed by atoms with E-state index in [2.05, 4.69) is 10.4 Å². The van der Waals surface area contributed by atoms with Gasteiger partial charge in [0.15, 0.2) is 5.69 Å². The first-order valence-electron chi connectivity index (χ1n) is 9.04. The number of nitrogens with one attached hydrogen (secondary N) is 1. The lowest BCUT2D eigenvalue weighted by atomic mass is 10.1. The molecule has 1 N–H and O–H groups in total. The fourth-order valence-electron chi connectivity index (χ4n) is 2.84. The minimum atomic E-state index is -0.328. The molecule has 146 valence electrons. The quantitative estimate of drug-likeness (QED) is 0.710. The molecule has 1 aromatic heterocycles. The van der Waals surface area contributed by atoms with Crippen LogP contribution in [0.15, 0.2) is 47.3 Å². The number of rotatable bonds is 6. The van der Waals surface area contributed by atoms with Crippen LogP contribution in [-0.2, 0) is 0 Å². The van der Waals surface area contributed by atoms with E-state index in [1.54, 1.807) is 42.5 Å². The number of carbonyl (C=O) groups excluding carboxylic acids is 1. The summed E-state index contributed by atoms with van der Waals surface area (Å²) in [5, 5.41) is 8.23. The van der Waals surface area contributed by atoms with Gasteiger partial charge in [-0.1, -0.05) is 25.1 Å². The van der Waals surface area contributed by atoms with Gasteiger partial charge in [0.05, 0.1) is 25.3 Å². The predicted octanol–water partition coefficient (Wildman–Crippen LogP) is 2.93. The van der Waals surface area contributed by atoms with Crippen LogP contribution >= 0.6 is 0 Å². The number of benzene rings is 2. The standard InChI is InChI=1S/C21H23N3O4/c1-5-13(2)22-20(25)19-17-8-6-7-9-18(17)21(26)24(23-19)14-10-15(27-3)12-16(11-14)28-4/h6-13H,5H2,1-4H3,(H,22,25). The summed E-state index contributed by atoms with van der Waals surface area (Å²) < 4.78 is 11.8. The van der Waals surface area contributed by atoms with Gasteiger partial charge >= 0.3 is 0 Å². The van der Waals surface area contributed by atoms with Gasteiger partial charge in [0.1, 0.15) is 11.5 Å². The van der Waals surface area contributed by atoms with Gasteiger partial charge in [0.2, 0.25) is 0 Å². The number of aromatic nitrogens is 2. The van der Waals surface area contributed by atoms with Crippen LogP contribution in [0, 0.1) is 0 Å². The van der Waals surface area contributed by atoms with Crippen LogP contribution in [0.1, 0.15) is 30.8 Å². The predicted molar refractivity (Wildman–Crippen MR) is 108 cm³/mol. The van der Waals surface area contributed by atoms with Crippen molar-refractivity contribution in [2.45, 2.75) is 26.3 Å². The second-order valence-electron chi connectivity index (χ2n) is 6.46. The van der Waals surface area contributed by atoms with E-state index in [0.717, 1.165) is 6.42 Å². The minimum absolute atomic E-state index is 0.00893. The van der Waals surface area contributed by atoms with E-state index in [0.29, 0.717) is 28.0 Å². The summed E-state index contributed by atoms with van der Waals surface area (Å²) in [6, 6.07) is 12.0. The highest BCUT2D eigenvalue weighted by Gasteiger charge is 2.19. The molecule has 0 spiro atoms. The molecular formula is C21H23N3O4. The summed E-state index contributed by atoms with van der Waals surface area (Å²) in [5.74, 6) is 0.706. The number of methoxy groups -OCH3 is 2. The summed E-state index contributed by atoms with van der Waals surface area (Å²) in [7, 11) is 3.06. The van der Waals surface area contributed by atoms with Crippen molar-refractivity contribution < 1.29 is 14.3 Å². The Morgan fingerprint density at radius 2 is 1.71 bits per heavy atom. The normalized spacial score (nSPS) is 11.9. The number of fused-ring (bicyclic) bond motifs is 1. The van der Waals surface area contributed by atoms with Crippen LogP contribution in [0.3, 0.4) is 0 Å². The van der Waals surface area contributed by atoms with Crippen LogP contribution in [0.2, 0.25) is 0 Å². The lowest BCUT2D eigenvalue weighted by molar-refractivity contribution is 0.0934. The Bertz CT molecular complexity index is 1050. The van der Waals surface area contributed by atoms with Gasteiger partial charge < -0.3 is 14.8 Å². The molecule has 1 atom stereocenters. The lowest BCUT2D eigenvalue weighted by Crippen LogP contribution is -2.35. The fourth-order valence-corrected chi connectivity index (χ4v) is 2.84. The van der Waals surface area contributed by atoms with E-state index in [-0.39, 0.29) is 23.2 Å². The molecule has 2 aromatic carbocycles. The maximum absolute atomic E-state index is 13.1. The molecule has 1 amide bonds. The van der Waals surface area contributed by atoms with Crippen LogP contribution in [0.25, 0.3) is 16.5 Å². The molecule has 1 heterocycles. The molecule has 0 radical (unpaired) electrons. The van der Waals surface area contributed by atoms with Crippen LogP contribution in [-0.4, -0.2) is 35.9 Å². The third-order valence-corrected chi connectivity index (χ3v) is 4.59. The molecule has 0 fully saturated rings. The number of ether oxygens (including phenoxy) is 2. The highest BCUT2D eigenvalue weighted by Crippen LogP contribution is 2.25. The molecule has 0 saturated heterocycles. The van der Waals surface area contributed by atoms with Crippen LogP contribution in [0.4, 0.5) is 0 Å². The van der Waals surface area contributed by atoms with Crippen molar-refractivity contribution in [2.24, 2.45) is 0 Å². The van der Waals surface area contributed by atoms with E-state index >= 15 is 0 Å². The maximum Gasteiger partial charge on any atom is 0.279 e. The molecule has 28 heavy (non-hydrogen) atoms. The molecule has 7 heteroatoms. The van der Waals surface area contributed by atoms with E-state index in [9.17, 15) is 9.59 Å². The van der Waals surface area contributed by atoms with Crippen molar-refractivity contribution in [1.29, 1.82) is 0 Å². The first-order valence-corrected chi connectivity index (χ1v) is 9.04. The van der Waals surface area contributed by atoms with E-state index < -0.39 is 0 Å². The van der Waals surface area contributed by atoms with Crippen molar-refractivity contribution in [1.82, 2.24) is 15.1 Å². The summed E-state index contributed by atoms with van der Waals surface area (Å²) >= 11 is 0. The summed E-state index contributed by atoms with van der Waals surface area (Å²) in [4.78, 5) is 25.9. The van der Waals surface area contributed by atoms with Gasteiger partial charge in [-0.3, -0.25) is 9.59 Å². The first kappa shape index (κ1) is 19.4. The van der Waals surface area contributed by atoms with Gasteiger partial charge in [-0.2, -0.15) is 9.78 Å². The molecule has 0 bridgehead atoms. The zero-order valence-electron chi connectivity index (χ0n) is 16.4. The maximum atomic E-state index is 13.1. The Morgan fingerprint density at radius 3 is 2.29 bits per heavy atom. The highest BCUT2D eigenvalue weighted by atomic mass is 16.5. The monoisotopic (exact) mass is 381 g/mol. The Labute approximate surface area is 162 Å². The largest absolute Gasteiger partial charge is 0.497 e. The zero-order chi connectivity index (χ0) is 20.3. The molecule has 0 aliphatic carbocycles. The van der Waals surface area contributed by atoms with Gasteiger partial charge in [-0.05, 0) is 19.4 Å². The molecule has 0 aliphatic heterocycles. The third-order valence-electron chi connectivity index (χ3n) is 4.59. The third kappa shape index (κ3) is 3.69. The van der Waals surface area contributed by atoms with Gasteiger partial charge in [-0.25, -0.2) is 0 Å². The van der Waals surface area contributed by atoms with E-state index in [1.807, 2.05) is 13.8 Å². The first-order chi connectivity index (χ1) is 13.5. The lowest BCUT2D eigenvalue weighted by Gasteiger charge is -2.15. The smallest absolute Gasteiger partial charge is 0.279 e. The second kappa shape index (κ2) is 8.12. The van der Waals surface area contributed by atoms with Crippen molar-refractivity contribution in [3.05, 3.63) is 58.5 Å². The average molecular weight is 381 g/mol. The minimum Gasteiger partial charge on any atom is -0.497 e. The number of hydrogen-bond donors (Lipinski definition) is 1. The topological polar surface area (TPSA) is 82.5 Å². The molecule has 7 nitrogen and oxygen atoms in total.